The molecular formula is C24H27BrN4O2. The molecule has 1 aliphatic heterocycles. The highest BCUT2D eigenvalue weighted by atomic mass is 79.9. The maximum absolute atomic E-state index is 13.2. The van der Waals surface area contributed by atoms with Crippen LogP contribution in [0.2, 0.25) is 0 Å². The van der Waals surface area contributed by atoms with E-state index in [1.54, 1.807) is 0 Å². The van der Waals surface area contributed by atoms with Crippen molar-refractivity contribution in [2.45, 2.75) is 13.8 Å². The zero-order valence-electron chi connectivity index (χ0n) is 18.1. The van der Waals surface area contributed by atoms with Crippen molar-refractivity contribution in [1.82, 2.24) is 14.4 Å². The number of nitrogens with zero attached hydrogens (tertiary/aromatic N) is 3. The molecule has 0 radical (unpaired) electrons. The smallest absolute Gasteiger partial charge is 0.271 e. The van der Waals surface area contributed by atoms with E-state index in [4.69, 9.17) is 0 Å². The number of rotatable bonds is 4. The Bertz CT molecular complexity index is 1090. The average Bonchev–Trinajstić information content (AvgIpc) is 3.01. The maximum Gasteiger partial charge on any atom is 0.271 e. The number of anilines is 1. The normalized spacial score (nSPS) is 14.8. The van der Waals surface area contributed by atoms with Gasteiger partial charge in [-0.1, -0.05) is 36.4 Å². The fourth-order valence-corrected chi connectivity index (χ4v) is 5.01. The van der Waals surface area contributed by atoms with Gasteiger partial charge in [-0.15, -0.1) is 0 Å². The Labute approximate surface area is 190 Å². The lowest BCUT2D eigenvalue weighted by atomic mass is 10.1. The summed E-state index contributed by atoms with van der Waals surface area (Å²) in [5, 5.41) is 4.08. The van der Waals surface area contributed by atoms with Gasteiger partial charge in [0, 0.05) is 49.8 Å². The Morgan fingerprint density at radius 1 is 0.968 bits per heavy atom. The quantitative estimate of drug-likeness (QED) is 0.612. The second-order valence-electron chi connectivity index (χ2n) is 8.12. The second kappa shape index (κ2) is 8.85. The van der Waals surface area contributed by atoms with E-state index in [-0.39, 0.29) is 11.8 Å². The molecule has 0 atom stereocenters. The van der Waals surface area contributed by atoms with Crippen molar-refractivity contribution in [3.05, 3.63) is 63.8 Å². The third-order valence-corrected chi connectivity index (χ3v) is 6.82. The van der Waals surface area contributed by atoms with Crippen LogP contribution in [0.1, 0.15) is 21.6 Å². The molecule has 0 unspecified atom stereocenters. The summed E-state index contributed by atoms with van der Waals surface area (Å²) in [6.07, 6.45) is 0. The molecule has 162 valence electrons. The van der Waals surface area contributed by atoms with E-state index in [1.807, 2.05) is 72.8 Å². The number of para-hydroxylation sites is 2. The lowest BCUT2D eigenvalue weighted by Gasteiger charge is -2.34. The minimum Gasteiger partial charge on any atom is -0.339 e. The van der Waals surface area contributed by atoms with Crippen molar-refractivity contribution in [2.24, 2.45) is 7.05 Å². The number of nitrogens with one attached hydrogen (secondary N) is 1. The highest BCUT2D eigenvalue weighted by Crippen LogP contribution is 2.31. The van der Waals surface area contributed by atoms with Gasteiger partial charge >= 0.3 is 0 Å². The number of hydrogen-bond donors (Lipinski definition) is 1. The number of aryl methyl sites for hydroxylation is 3. The number of carbonyl (C=O) groups excluding carboxylic acids is 2. The van der Waals surface area contributed by atoms with Gasteiger partial charge in [-0.2, -0.15) is 0 Å². The Morgan fingerprint density at radius 3 is 2.26 bits per heavy atom. The van der Waals surface area contributed by atoms with Gasteiger partial charge in [0.15, 0.2) is 0 Å². The molecule has 1 fully saturated rings. The van der Waals surface area contributed by atoms with E-state index in [0.717, 1.165) is 32.2 Å². The lowest BCUT2D eigenvalue weighted by Crippen LogP contribution is -2.50. The molecule has 7 heteroatoms. The third-order valence-electron chi connectivity index (χ3n) is 6.02. The van der Waals surface area contributed by atoms with Gasteiger partial charge in [0.25, 0.3) is 5.91 Å². The Balaban J connectivity index is 1.38. The van der Waals surface area contributed by atoms with E-state index < -0.39 is 0 Å². The van der Waals surface area contributed by atoms with E-state index in [9.17, 15) is 9.59 Å². The number of piperazine rings is 1. The number of fused-ring (bicyclic) bond motifs is 1. The van der Waals surface area contributed by atoms with Crippen LogP contribution in [0.25, 0.3) is 10.9 Å². The predicted molar refractivity (Wildman–Crippen MR) is 128 cm³/mol. The summed E-state index contributed by atoms with van der Waals surface area (Å²) < 4.78 is 2.79. The molecule has 6 nitrogen and oxygen atoms in total. The summed E-state index contributed by atoms with van der Waals surface area (Å²) in [6.45, 7) is 6.87. The van der Waals surface area contributed by atoms with Crippen LogP contribution < -0.4 is 5.32 Å². The number of benzene rings is 2. The van der Waals surface area contributed by atoms with Crippen LogP contribution >= 0.6 is 15.9 Å². The maximum atomic E-state index is 13.2. The Morgan fingerprint density at radius 2 is 1.61 bits per heavy atom. The molecule has 1 aliphatic rings. The number of hydrogen-bond acceptors (Lipinski definition) is 3. The topological polar surface area (TPSA) is 57.6 Å². The first-order valence-corrected chi connectivity index (χ1v) is 11.3. The van der Waals surface area contributed by atoms with Crippen LogP contribution in [0, 0.1) is 13.8 Å². The molecule has 1 aromatic heterocycles. The molecule has 4 rings (SSSR count). The van der Waals surface area contributed by atoms with Gasteiger partial charge in [-0.25, -0.2) is 0 Å². The first-order valence-electron chi connectivity index (χ1n) is 10.5. The fraction of sp³-hybridized carbons (Fsp3) is 0.333. The number of halogens is 1. The molecular weight excluding hydrogens is 456 g/mol. The number of amides is 2. The average molecular weight is 483 g/mol. The summed E-state index contributed by atoms with van der Waals surface area (Å²) in [5.41, 5.74) is 4.71. The van der Waals surface area contributed by atoms with Crippen molar-refractivity contribution in [3.8, 4) is 0 Å². The van der Waals surface area contributed by atoms with Crippen molar-refractivity contribution < 1.29 is 9.59 Å². The molecule has 0 spiro atoms. The molecule has 3 aromatic rings. The van der Waals surface area contributed by atoms with Crippen LogP contribution in [-0.2, 0) is 11.8 Å². The molecule has 0 bridgehead atoms. The van der Waals surface area contributed by atoms with Crippen molar-refractivity contribution in [1.29, 1.82) is 0 Å². The van der Waals surface area contributed by atoms with E-state index in [2.05, 4.69) is 26.1 Å². The molecule has 0 aliphatic carbocycles. The number of aromatic nitrogens is 1. The van der Waals surface area contributed by atoms with Gasteiger partial charge in [-0.3, -0.25) is 14.5 Å². The van der Waals surface area contributed by atoms with Crippen molar-refractivity contribution in [2.75, 3.05) is 38.0 Å². The second-order valence-corrected chi connectivity index (χ2v) is 8.92. The zero-order valence-corrected chi connectivity index (χ0v) is 19.7. The van der Waals surface area contributed by atoms with Crippen molar-refractivity contribution in [3.63, 3.8) is 0 Å². The summed E-state index contributed by atoms with van der Waals surface area (Å²) >= 11 is 3.63. The highest BCUT2D eigenvalue weighted by molar-refractivity contribution is 9.10. The zero-order chi connectivity index (χ0) is 22.1. The minimum absolute atomic E-state index is 0.0187. The number of carbonyl (C=O) groups is 2. The van der Waals surface area contributed by atoms with Gasteiger partial charge in [-0.05, 0) is 47.0 Å². The Hall–Kier alpha value is -2.64. The minimum atomic E-state index is -0.0198. The van der Waals surface area contributed by atoms with E-state index in [1.165, 1.54) is 0 Å². The Kier molecular flexibility index (Phi) is 6.16. The summed E-state index contributed by atoms with van der Waals surface area (Å²) in [5.74, 6) is -0.00110. The van der Waals surface area contributed by atoms with Gasteiger partial charge in [0.05, 0.1) is 11.0 Å². The first kappa shape index (κ1) is 21.6. The SMILES string of the molecule is Cc1cccc(C)c1NC(=O)CN1CCN(C(=O)c2c(Br)c3ccccc3n2C)CC1. The standard InChI is InChI=1S/C24H27BrN4O2/c1-16-7-6-8-17(2)22(16)26-20(30)15-28-11-13-29(14-12-28)24(31)23-21(25)18-9-4-5-10-19(18)27(23)3/h4-10H,11-15H2,1-3H3,(H,26,30). The summed E-state index contributed by atoms with van der Waals surface area (Å²) in [4.78, 5) is 29.8. The van der Waals surface area contributed by atoms with E-state index in [0.29, 0.717) is 38.4 Å². The van der Waals surface area contributed by atoms with Crippen LogP contribution in [-0.4, -0.2) is 58.9 Å². The molecule has 2 heterocycles. The van der Waals surface area contributed by atoms with Crippen LogP contribution in [0.4, 0.5) is 5.69 Å². The molecule has 1 saturated heterocycles. The first-order chi connectivity index (χ1) is 14.9. The van der Waals surface area contributed by atoms with Crippen LogP contribution in [0.5, 0.6) is 0 Å². The predicted octanol–water partition coefficient (Wildman–Crippen LogP) is 3.95. The van der Waals surface area contributed by atoms with E-state index >= 15 is 0 Å². The van der Waals surface area contributed by atoms with Gasteiger partial charge in [0.1, 0.15) is 5.69 Å². The summed E-state index contributed by atoms with van der Waals surface area (Å²) in [7, 11) is 1.93. The summed E-state index contributed by atoms with van der Waals surface area (Å²) in [6, 6.07) is 14.0. The highest BCUT2D eigenvalue weighted by Gasteiger charge is 2.27. The van der Waals surface area contributed by atoms with Crippen molar-refractivity contribution >= 4 is 44.3 Å². The molecule has 2 amide bonds. The third kappa shape index (κ3) is 4.25. The van der Waals surface area contributed by atoms with Gasteiger partial charge in [0.2, 0.25) is 5.91 Å². The lowest BCUT2D eigenvalue weighted by molar-refractivity contribution is -0.117. The molecule has 1 N–H and O–H groups in total. The van der Waals surface area contributed by atoms with Crippen LogP contribution in [0.15, 0.2) is 46.9 Å². The largest absolute Gasteiger partial charge is 0.339 e. The fourth-order valence-electron chi connectivity index (χ4n) is 4.24. The van der Waals surface area contributed by atoms with Gasteiger partial charge < -0.3 is 14.8 Å². The van der Waals surface area contributed by atoms with Crippen LogP contribution in [0.3, 0.4) is 0 Å². The monoisotopic (exact) mass is 482 g/mol. The molecule has 31 heavy (non-hydrogen) atoms. The molecule has 0 saturated carbocycles. The molecule has 2 aromatic carbocycles.